The molecule has 0 aliphatic carbocycles. The van der Waals surface area contributed by atoms with Crippen LogP contribution >= 0.6 is 23.1 Å². The van der Waals surface area contributed by atoms with Crippen molar-refractivity contribution in [2.75, 3.05) is 31.0 Å². The second-order valence-electron chi connectivity index (χ2n) is 11.2. The molecule has 260 valence electrons. The molecule has 6 rings (SSSR count). The molecule has 3 aromatic carbocycles. The Bertz CT molecular complexity index is 2180. The lowest BCUT2D eigenvalue weighted by Crippen LogP contribution is -2.33. The molecule has 4 aromatic rings. The lowest BCUT2D eigenvalue weighted by atomic mass is 9.83. The van der Waals surface area contributed by atoms with Crippen LogP contribution in [0.3, 0.4) is 0 Å². The molecule has 0 bridgehead atoms. The topological polar surface area (TPSA) is 193 Å². The molecule has 0 radical (unpaired) electrons. The molecule has 3 amide bonds. The van der Waals surface area contributed by atoms with Gasteiger partial charge in [0.1, 0.15) is 11.8 Å². The minimum atomic E-state index is -3.93. The Morgan fingerprint density at radius 2 is 1.60 bits per heavy atom. The smallest absolute Gasteiger partial charge is 0.338 e. The van der Waals surface area contributed by atoms with E-state index < -0.39 is 62.2 Å². The van der Waals surface area contributed by atoms with E-state index in [2.05, 4.69) is 5.32 Å². The van der Waals surface area contributed by atoms with Crippen LogP contribution in [0.1, 0.15) is 33.6 Å². The number of methoxy groups -OCH3 is 2. The van der Waals surface area contributed by atoms with Gasteiger partial charge in [0.25, 0.3) is 0 Å². The number of esters is 1. The van der Waals surface area contributed by atoms with Crippen LogP contribution in [0, 0.1) is 5.92 Å². The van der Waals surface area contributed by atoms with E-state index in [1.54, 1.807) is 25.1 Å². The Balaban J connectivity index is 1.38. The molecule has 50 heavy (non-hydrogen) atoms. The molecular formula is C33H30N4O10S3. The molecule has 1 fully saturated rings. The molecule has 1 saturated heterocycles. The highest BCUT2D eigenvalue weighted by Gasteiger charge is 2.57. The number of nitrogens with zero attached hydrogens (tertiary/aromatic N) is 2. The van der Waals surface area contributed by atoms with Gasteiger partial charge in [0.05, 0.1) is 47.9 Å². The summed E-state index contributed by atoms with van der Waals surface area (Å²) in [5, 5.41) is 7.19. The third-order valence-corrected chi connectivity index (χ3v) is 11.8. The van der Waals surface area contributed by atoms with Gasteiger partial charge in [0, 0.05) is 16.5 Å². The summed E-state index contributed by atoms with van der Waals surface area (Å²) in [7, 11) is -0.983. The highest BCUT2D eigenvalue weighted by atomic mass is 32.2. The molecule has 3 heterocycles. The minimum absolute atomic E-state index is 0.134. The first-order valence-corrected chi connectivity index (χ1v) is 18.3. The number of anilines is 2. The molecule has 2 aliphatic heterocycles. The van der Waals surface area contributed by atoms with Gasteiger partial charge in [0.15, 0.2) is 11.5 Å². The number of rotatable bonds is 10. The minimum Gasteiger partial charge on any atom is -0.493 e. The van der Waals surface area contributed by atoms with E-state index in [9.17, 15) is 32.4 Å². The Kier molecular flexibility index (Phi) is 9.58. The Labute approximate surface area is 294 Å². The molecule has 17 heteroatoms. The number of primary sulfonamides is 1. The number of carbonyl (C=O) groups is 4. The number of imide groups is 1. The van der Waals surface area contributed by atoms with Crippen molar-refractivity contribution in [1.29, 1.82) is 0 Å². The summed E-state index contributed by atoms with van der Waals surface area (Å²) in [4.78, 5) is 68.2. The van der Waals surface area contributed by atoms with Gasteiger partial charge in [-0.3, -0.25) is 23.7 Å². The zero-order chi connectivity index (χ0) is 35.9. The molecule has 1 aromatic heterocycles. The van der Waals surface area contributed by atoms with Gasteiger partial charge in [-0.2, -0.15) is 0 Å². The van der Waals surface area contributed by atoms with Crippen molar-refractivity contribution in [3.8, 4) is 11.5 Å². The quantitative estimate of drug-likeness (QED) is 0.179. The number of carbonyl (C=O) groups excluding carboxylic acids is 4. The summed E-state index contributed by atoms with van der Waals surface area (Å²) in [5.41, 5.74) is 1.39. The third kappa shape index (κ3) is 6.39. The lowest BCUT2D eigenvalue weighted by Gasteiger charge is -2.31. The average molecular weight is 739 g/mol. The normalized spacial score (nSPS) is 18.3. The molecule has 0 saturated carbocycles. The fraction of sp³-hybridized carbons (Fsp3) is 0.242. The molecule has 2 aliphatic rings. The van der Waals surface area contributed by atoms with Gasteiger partial charge in [-0.25, -0.2) is 23.3 Å². The fourth-order valence-corrected chi connectivity index (χ4v) is 9.24. The van der Waals surface area contributed by atoms with Crippen molar-refractivity contribution < 1.29 is 41.8 Å². The van der Waals surface area contributed by atoms with Crippen LogP contribution in [0.5, 0.6) is 11.5 Å². The second-order valence-corrected chi connectivity index (χ2v) is 14.9. The van der Waals surface area contributed by atoms with Crippen LogP contribution in [0.2, 0.25) is 0 Å². The summed E-state index contributed by atoms with van der Waals surface area (Å²) in [6.07, 6.45) is 0. The van der Waals surface area contributed by atoms with Gasteiger partial charge in [-0.1, -0.05) is 29.2 Å². The Morgan fingerprint density at radius 1 is 0.920 bits per heavy atom. The van der Waals surface area contributed by atoms with Gasteiger partial charge >= 0.3 is 10.8 Å². The van der Waals surface area contributed by atoms with Crippen LogP contribution in [0.15, 0.2) is 81.4 Å². The summed E-state index contributed by atoms with van der Waals surface area (Å²) < 4.78 is 40.5. The molecule has 14 nitrogen and oxygen atoms in total. The Hall–Kier alpha value is -4.97. The van der Waals surface area contributed by atoms with E-state index in [0.29, 0.717) is 27.0 Å². The number of hydrogen-bond acceptors (Lipinski definition) is 12. The van der Waals surface area contributed by atoms with Crippen molar-refractivity contribution in [2.45, 2.75) is 34.6 Å². The summed E-state index contributed by atoms with van der Waals surface area (Å²) in [6, 6.07) is 16.3. The number of aromatic nitrogens is 1. The molecule has 3 N–H and O–H groups in total. The SMILES string of the molecule is CCOC(=O)c1ccc(N2C(=O)[C@@H]3[C@H](c4ccc(OC)c(OC)c4)c4sc(=O)n(CC(=O)Nc5ccc(S(N)(=O)=O)cc5)c4S[C@@H]3C2=O)cc1. The first-order valence-electron chi connectivity index (χ1n) is 15.1. The Morgan fingerprint density at radius 3 is 2.22 bits per heavy atom. The highest BCUT2D eigenvalue weighted by molar-refractivity contribution is 8.00. The van der Waals surface area contributed by atoms with E-state index in [1.807, 2.05) is 0 Å². The van der Waals surface area contributed by atoms with Gasteiger partial charge < -0.3 is 19.5 Å². The predicted octanol–water partition coefficient (Wildman–Crippen LogP) is 3.19. The van der Waals surface area contributed by atoms with Crippen molar-refractivity contribution in [3.05, 3.63) is 92.4 Å². The number of sulfonamides is 1. The summed E-state index contributed by atoms with van der Waals surface area (Å²) >= 11 is 1.92. The number of benzene rings is 3. The standard InChI is InChI=1S/C33H30N4O10S3/c1-4-47-32(41)17-5-10-20(11-6-17)37-29(39)26-25(18-7-14-22(45-2)23(15-18)46-3)28-31(48-27(26)30(37)40)36(33(42)49-28)16-24(38)35-19-8-12-21(13-9-19)50(34,43)44/h5-15,25-27H,4,16H2,1-3H3,(H,35,38)(H2,34,43,44)/t25-,26+,27-/m0/s1. The van der Waals surface area contributed by atoms with E-state index in [1.165, 1.54) is 67.3 Å². The highest BCUT2D eigenvalue weighted by Crippen LogP contribution is 2.54. The van der Waals surface area contributed by atoms with Crippen LogP contribution in [0.4, 0.5) is 11.4 Å². The number of ether oxygens (including phenoxy) is 3. The first kappa shape index (κ1) is 34.9. The number of hydrogen-bond donors (Lipinski definition) is 2. The number of nitrogens with two attached hydrogens (primary N) is 1. The van der Waals surface area contributed by atoms with Crippen LogP contribution in [-0.4, -0.2) is 62.8 Å². The van der Waals surface area contributed by atoms with Gasteiger partial charge in [-0.15, -0.1) is 0 Å². The second kappa shape index (κ2) is 13.7. The molecule has 3 atom stereocenters. The zero-order valence-corrected chi connectivity index (χ0v) is 29.2. The van der Waals surface area contributed by atoms with E-state index >= 15 is 0 Å². The van der Waals surface area contributed by atoms with Crippen LogP contribution < -0.4 is 29.7 Å². The largest absolute Gasteiger partial charge is 0.493 e. The van der Waals surface area contributed by atoms with E-state index in [-0.39, 0.29) is 28.4 Å². The number of amides is 3. The maximum Gasteiger partial charge on any atom is 0.338 e. The maximum atomic E-state index is 14.3. The molecule has 0 unspecified atom stereocenters. The van der Waals surface area contributed by atoms with E-state index in [0.717, 1.165) is 28.0 Å². The number of thiazole rings is 1. The first-order chi connectivity index (χ1) is 23.9. The van der Waals surface area contributed by atoms with Crippen molar-refractivity contribution in [2.24, 2.45) is 11.1 Å². The maximum absolute atomic E-state index is 14.3. The average Bonchev–Trinajstić information content (AvgIpc) is 3.53. The number of thioether (sulfide) groups is 1. The summed E-state index contributed by atoms with van der Waals surface area (Å²) in [6.45, 7) is 1.45. The number of nitrogens with one attached hydrogen (secondary N) is 1. The predicted molar refractivity (Wildman–Crippen MR) is 184 cm³/mol. The van der Waals surface area contributed by atoms with Crippen molar-refractivity contribution in [1.82, 2.24) is 4.57 Å². The monoisotopic (exact) mass is 738 g/mol. The van der Waals surface area contributed by atoms with Gasteiger partial charge in [0.2, 0.25) is 27.7 Å². The lowest BCUT2D eigenvalue weighted by molar-refractivity contribution is -0.122. The van der Waals surface area contributed by atoms with Crippen LogP contribution in [-0.2, 0) is 35.7 Å². The zero-order valence-electron chi connectivity index (χ0n) is 26.8. The van der Waals surface area contributed by atoms with Crippen molar-refractivity contribution >= 4 is 68.2 Å². The molecular weight excluding hydrogens is 709 g/mol. The van der Waals surface area contributed by atoms with E-state index in [4.69, 9.17) is 19.3 Å². The van der Waals surface area contributed by atoms with Crippen LogP contribution in [0.25, 0.3) is 0 Å². The van der Waals surface area contributed by atoms with Crippen molar-refractivity contribution in [3.63, 3.8) is 0 Å². The molecule has 0 spiro atoms. The fourth-order valence-electron chi connectivity index (χ4n) is 5.95. The third-order valence-electron chi connectivity index (χ3n) is 8.22. The van der Waals surface area contributed by atoms with Gasteiger partial charge in [-0.05, 0) is 73.2 Å². The summed E-state index contributed by atoms with van der Waals surface area (Å²) in [5.74, 6) is -3.02. The number of fused-ring (bicyclic) bond motifs is 2.